The molecule has 1 amide bonds. The normalized spacial score (nSPS) is 11.9. The van der Waals surface area contributed by atoms with E-state index in [1.54, 1.807) is 13.2 Å². The third kappa shape index (κ3) is 3.64. The molecule has 0 heterocycles. The standard InChI is InChI=1S/C12H17NO4/c1-8(16-2)7-13-12(15)10-6-9(17-3)4-5-11(10)14/h4-6,8,14H,7H2,1-3H3,(H,13,15). The summed E-state index contributed by atoms with van der Waals surface area (Å²) in [4.78, 5) is 11.8. The van der Waals surface area contributed by atoms with Crippen LogP contribution in [0.15, 0.2) is 18.2 Å². The number of methoxy groups -OCH3 is 2. The van der Waals surface area contributed by atoms with E-state index in [0.29, 0.717) is 12.3 Å². The lowest BCUT2D eigenvalue weighted by Gasteiger charge is -2.12. The van der Waals surface area contributed by atoms with Crippen molar-refractivity contribution in [1.82, 2.24) is 5.32 Å². The van der Waals surface area contributed by atoms with Crippen molar-refractivity contribution in [3.05, 3.63) is 23.8 Å². The van der Waals surface area contributed by atoms with E-state index in [1.165, 1.54) is 19.2 Å². The molecule has 0 aliphatic heterocycles. The van der Waals surface area contributed by atoms with E-state index < -0.39 is 0 Å². The SMILES string of the molecule is COc1ccc(O)c(C(=O)NCC(C)OC)c1. The summed E-state index contributed by atoms with van der Waals surface area (Å²) >= 11 is 0. The van der Waals surface area contributed by atoms with E-state index in [9.17, 15) is 9.90 Å². The van der Waals surface area contributed by atoms with Crippen LogP contribution in [0.2, 0.25) is 0 Å². The number of hydrogen-bond acceptors (Lipinski definition) is 4. The van der Waals surface area contributed by atoms with Crippen molar-refractivity contribution in [1.29, 1.82) is 0 Å². The number of hydrogen-bond donors (Lipinski definition) is 2. The van der Waals surface area contributed by atoms with Gasteiger partial charge in [0.25, 0.3) is 5.91 Å². The zero-order chi connectivity index (χ0) is 12.8. The number of amides is 1. The first-order valence-electron chi connectivity index (χ1n) is 5.26. The van der Waals surface area contributed by atoms with Crippen LogP contribution in [-0.4, -0.2) is 37.9 Å². The van der Waals surface area contributed by atoms with Gasteiger partial charge in [-0.1, -0.05) is 0 Å². The van der Waals surface area contributed by atoms with Crippen molar-refractivity contribution >= 4 is 5.91 Å². The van der Waals surface area contributed by atoms with Crippen molar-refractivity contribution in [3.63, 3.8) is 0 Å². The Kier molecular flexibility index (Phi) is 4.78. The topological polar surface area (TPSA) is 67.8 Å². The minimum Gasteiger partial charge on any atom is -0.507 e. The van der Waals surface area contributed by atoms with Gasteiger partial charge in [0.05, 0.1) is 18.8 Å². The summed E-state index contributed by atoms with van der Waals surface area (Å²) in [6, 6.07) is 4.50. The van der Waals surface area contributed by atoms with Crippen LogP contribution in [-0.2, 0) is 4.74 Å². The molecule has 1 unspecified atom stereocenters. The lowest BCUT2D eigenvalue weighted by atomic mass is 10.1. The number of carbonyl (C=O) groups is 1. The van der Waals surface area contributed by atoms with E-state index in [4.69, 9.17) is 9.47 Å². The molecule has 0 fully saturated rings. The predicted octanol–water partition coefficient (Wildman–Crippen LogP) is 1.17. The number of rotatable bonds is 5. The highest BCUT2D eigenvalue weighted by Gasteiger charge is 2.12. The summed E-state index contributed by atoms with van der Waals surface area (Å²) < 4.78 is 10.0. The fourth-order valence-electron chi connectivity index (χ4n) is 1.24. The molecule has 1 aromatic carbocycles. The van der Waals surface area contributed by atoms with E-state index in [0.717, 1.165) is 0 Å². The Hall–Kier alpha value is -1.75. The fourth-order valence-corrected chi connectivity index (χ4v) is 1.24. The van der Waals surface area contributed by atoms with Gasteiger partial charge in [0.1, 0.15) is 11.5 Å². The summed E-state index contributed by atoms with van der Waals surface area (Å²) in [7, 11) is 3.07. The van der Waals surface area contributed by atoms with Crippen molar-refractivity contribution in [2.45, 2.75) is 13.0 Å². The zero-order valence-electron chi connectivity index (χ0n) is 10.2. The lowest BCUT2D eigenvalue weighted by molar-refractivity contribution is 0.0868. The molecule has 5 nitrogen and oxygen atoms in total. The predicted molar refractivity (Wildman–Crippen MR) is 63.5 cm³/mol. The Balaban J connectivity index is 2.74. The molecule has 1 rings (SSSR count). The van der Waals surface area contributed by atoms with Gasteiger partial charge in [0, 0.05) is 13.7 Å². The molecule has 0 radical (unpaired) electrons. The number of phenols is 1. The quantitative estimate of drug-likeness (QED) is 0.809. The van der Waals surface area contributed by atoms with Crippen molar-refractivity contribution in [2.24, 2.45) is 0 Å². The van der Waals surface area contributed by atoms with Crippen LogP contribution in [0.5, 0.6) is 11.5 Å². The van der Waals surface area contributed by atoms with Crippen molar-refractivity contribution in [2.75, 3.05) is 20.8 Å². The van der Waals surface area contributed by atoms with Crippen LogP contribution in [0.1, 0.15) is 17.3 Å². The number of benzene rings is 1. The molecule has 0 aliphatic rings. The van der Waals surface area contributed by atoms with E-state index >= 15 is 0 Å². The van der Waals surface area contributed by atoms with Crippen molar-refractivity contribution < 1.29 is 19.4 Å². The van der Waals surface area contributed by atoms with Gasteiger partial charge >= 0.3 is 0 Å². The summed E-state index contributed by atoms with van der Waals surface area (Å²) in [5.74, 6) is 0.0893. The number of nitrogens with one attached hydrogen (secondary N) is 1. The van der Waals surface area contributed by atoms with Gasteiger partial charge in [0.2, 0.25) is 0 Å². The Morgan fingerprint density at radius 1 is 1.47 bits per heavy atom. The largest absolute Gasteiger partial charge is 0.507 e. The summed E-state index contributed by atoms with van der Waals surface area (Å²) in [5.41, 5.74) is 0.188. The first kappa shape index (κ1) is 13.3. The van der Waals surface area contributed by atoms with Gasteiger partial charge < -0.3 is 19.9 Å². The van der Waals surface area contributed by atoms with Gasteiger partial charge in [-0.3, -0.25) is 4.79 Å². The van der Waals surface area contributed by atoms with Gasteiger partial charge in [0.15, 0.2) is 0 Å². The molecule has 1 aromatic rings. The monoisotopic (exact) mass is 239 g/mol. The maximum atomic E-state index is 11.8. The third-order valence-electron chi connectivity index (χ3n) is 2.40. The number of phenolic OH excluding ortho intramolecular Hbond substituents is 1. The molecule has 5 heteroatoms. The minimum absolute atomic E-state index is 0.0756. The number of ether oxygens (including phenoxy) is 2. The summed E-state index contributed by atoms with van der Waals surface area (Å²) in [6.45, 7) is 2.22. The maximum absolute atomic E-state index is 11.8. The van der Waals surface area contributed by atoms with Crippen LogP contribution in [0.3, 0.4) is 0 Å². The van der Waals surface area contributed by atoms with Gasteiger partial charge in [-0.15, -0.1) is 0 Å². The average molecular weight is 239 g/mol. The molecule has 0 aromatic heterocycles. The van der Waals surface area contributed by atoms with Crippen LogP contribution in [0.4, 0.5) is 0 Å². The second-order valence-corrected chi connectivity index (χ2v) is 3.64. The van der Waals surface area contributed by atoms with Gasteiger partial charge in [-0.2, -0.15) is 0 Å². The maximum Gasteiger partial charge on any atom is 0.255 e. The molecule has 1 atom stereocenters. The third-order valence-corrected chi connectivity index (χ3v) is 2.40. The smallest absolute Gasteiger partial charge is 0.255 e. The Labute approximate surface area is 100 Å². The van der Waals surface area contributed by atoms with Crippen LogP contribution in [0, 0.1) is 0 Å². The summed E-state index contributed by atoms with van der Waals surface area (Å²) in [6.07, 6.45) is -0.0771. The van der Waals surface area contributed by atoms with Gasteiger partial charge in [-0.25, -0.2) is 0 Å². The molecule has 2 N–H and O–H groups in total. The first-order chi connectivity index (χ1) is 8.08. The highest BCUT2D eigenvalue weighted by Crippen LogP contribution is 2.22. The molecule has 0 spiro atoms. The Morgan fingerprint density at radius 3 is 2.76 bits per heavy atom. The van der Waals surface area contributed by atoms with Crippen LogP contribution >= 0.6 is 0 Å². The van der Waals surface area contributed by atoms with Crippen LogP contribution < -0.4 is 10.1 Å². The van der Waals surface area contributed by atoms with Crippen molar-refractivity contribution in [3.8, 4) is 11.5 Å². The van der Waals surface area contributed by atoms with E-state index in [-0.39, 0.29) is 23.3 Å². The molecule has 0 saturated heterocycles. The molecule has 0 saturated carbocycles. The number of carbonyl (C=O) groups excluding carboxylic acids is 1. The summed E-state index contributed by atoms with van der Waals surface area (Å²) in [5, 5.41) is 12.2. The molecule has 0 aliphatic carbocycles. The van der Waals surface area contributed by atoms with Crippen LogP contribution in [0.25, 0.3) is 0 Å². The highest BCUT2D eigenvalue weighted by atomic mass is 16.5. The van der Waals surface area contributed by atoms with E-state index in [1.807, 2.05) is 6.92 Å². The highest BCUT2D eigenvalue weighted by molar-refractivity contribution is 5.97. The molecule has 0 bridgehead atoms. The first-order valence-corrected chi connectivity index (χ1v) is 5.26. The van der Waals surface area contributed by atoms with E-state index in [2.05, 4.69) is 5.32 Å². The average Bonchev–Trinajstić information content (AvgIpc) is 2.36. The number of aromatic hydroxyl groups is 1. The minimum atomic E-state index is -0.356. The molecular formula is C12H17NO4. The fraction of sp³-hybridized carbons (Fsp3) is 0.417. The Morgan fingerprint density at radius 2 is 2.18 bits per heavy atom. The van der Waals surface area contributed by atoms with Gasteiger partial charge in [-0.05, 0) is 25.1 Å². The second-order valence-electron chi connectivity index (χ2n) is 3.64. The second kappa shape index (κ2) is 6.10. The molecular weight excluding hydrogens is 222 g/mol. The Bertz CT molecular complexity index is 392. The molecule has 17 heavy (non-hydrogen) atoms. The molecule has 94 valence electrons. The zero-order valence-corrected chi connectivity index (χ0v) is 10.2. The lowest BCUT2D eigenvalue weighted by Crippen LogP contribution is -2.31.